The maximum Gasteiger partial charge on any atom is 0.262 e. The molecule has 6 nitrogen and oxygen atoms in total. The number of amides is 1. The fraction of sp³-hybridized carbons (Fsp3) is 0.353. The third-order valence-electron chi connectivity index (χ3n) is 3.67. The molecule has 1 aliphatic heterocycles. The highest BCUT2D eigenvalue weighted by atomic mass is 79.9. The van der Waals surface area contributed by atoms with Crippen LogP contribution >= 0.6 is 15.9 Å². The fourth-order valence-electron chi connectivity index (χ4n) is 2.56. The fourth-order valence-corrected chi connectivity index (χ4v) is 2.96. The summed E-state index contributed by atoms with van der Waals surface area (Å²) in [6, 6.07) is 9.15. The van der Waals surface area contributed by atoms with Crippen LogP contribution in [0.5, 0.6) is 5.88 Å². The Hall–Kier alpha value is -2.15. The molecule has 0 spiro atoms. The molecule has 0 atom stereocenters. The SMILES string of the molecule is Cc1cc(OCC(=O)Nc2cccc(Br)c2)nc(N2CCCC2)n1. The summed E-state index contributed by atoms with van der Waals surface area (Å²) in [5, 5.41) is 2.79. The van der Waals surface area contributed by atoms with E-state index in [1.165, 1.54) is 0 Å². The van der Waals surface area contributed by atoms with E-state index in [0.717, 1.165) is 41.8 Å². The summed E-state index contributed by atoms with van der Waals surface area (Å²) in [4.78, 5) is 23.0. The van der Waals surface area contributed by atoms with Crippen LogP contribution in [-0.4, -0.2) is 35.6 Å². The quantitative estimate of drug-likeness (QED) is 0.848. The normalized spacial score (nSPS) is 13.8. The largest absolute Gasteiger partial charge is 0.467 e. The second-order valence-corrected chi connectivity index (χ2v) is 6.60. The minimum absolute atomic E-state index is 0.0948. The molecule has 1 aromatic carbocycles. The molecule has 1 aromatic heterocycles. The molecule has 0 radical (unpaired) electrons. The van der Waals surface area contributed by atoms with E-state index in [4.69, 9.17) is 4.74 Å². The number of nitrogens with one attached hydrogen (secondary N) is 1. The molecular formula is C17H19BrN4O2. The van der Waals surface area contributed by atoms with E-state index in [2.05, 4.69) is 36.1 Å². The first-order chi connectivity index (χ1) is 11.6. The standard InChI is InChI=1S/C17H19BrN4O2/c1-12-9-16(21-17(19-12)22-7-2-3-8-22)24-11-15(23)20-14-6-4-5-13(18)10-14/h4-6,9-10H,2-3,7-8,11H2,1H3,(H,20,23). The summed E-state index contributed by atoms with van der Waals surface area (Å²) in [6.45, 7) is 3.73. The molecule has 0 aliphatic carbocycles. The lowest BCUT2D eigenvalue weighted by Gasteiger charge is -2.16. The van der Waals surface area contributed by atoms with Gasteiger partial charge < -0.3 is 15.0 Å². The van der Waals surface area contributed by atoms with Gasteiger partial charge in [-0.05, 0) is 38.0 Å². The molecule has 1 N–H and O–H groups in total. The zero-order valence-corrected chi connectivity index (χ0v) is 15.0. The lowest BCUT2D eigenvalue weighted by molar-refractivity contribution is -0.118. The van der Waals surface area contributed by atoms with E-state index in [9.17, 15) is 4.79 Å². The van der Waals surface area contributed by atoms with Gasteiger partial charge in [-0.2, -0.15) is 4.98 Å². The zero-order valence-electron chi connectivity index (χ0n) is 13.5. The van der Waals surface area contributed by atoms with Crippen LogP contribution in [0.15, 0.2) is 34.8 Å². The number of carbonyl (C=O) groups excluding carboxylic acids is 1. The summed E-state index contributed by atoms with van der Waals surface area (Å²) < 4.78 is 6.46. The Labute approximate surface area is 149 Å². The van der Waals surface area contributed by atoms with Crippen molar-refractivity contribution in [1.82, 2.24) is 9.97 Å². The van der Waals surface area contributed by atoms with Crippen LogP contribution in [0.4, 0.5) is 11.6 Å². The monoisotopic (exact) mass is 390 g/mol. The number of rotatable bonds is 5. The summed E-state index contributed by atoms with van der Waals surface area (Å²) in [6.07, 6.45) is 2.31. The van der Waals surface area contributed by atoms with Gasteiger partial charge in [-0.3, -0.25) is 4.79 Å². The number of nitrogens with zero attached hydrogens (tertiary/aromatic N) is 3. The van der Waals surface area contributed by atoms with E-state index in [1.54, 1.807) is 6.07 Å². The van der Waals surface area contributed by atoms with Gasteiger partial charge in [-0.15, -0.1) is 0 Å². The van der Waals surface area contributed by atoms with Gasteiger partial charge in [-0.1, -0.05) is 22.0 Å². The molecule has 0 saturated carbocycles. The molecule has 2 aromatic rings. The van der Waals surface area contributed by atoms with Crippen molar-refractivity contribution in [2.75, 3.05) is 29.9 Å². The highest BCUT2D eigenvalue weighted by Gasteiger charge is 2.16. The Bertz CT molecular complexity index is 732. The van der Waals surface area contributed by atoms with Crippen molar-refractivity contribution in [2.24, 2.45) is 0 Å². The Morgan fingerprint density at radius 2 is 2.08 bits per heavy atom. The maximum absolute atomic E-state index is 12.0. The van der Waals surface area contributed by atoms with Crippen molar-refractivity contribution < 1.29 is 9.53 Å². The van der Waals surface area contributed by atoms with Gasteiger partial charge in [0.1, 0.15) is 0 Å². The summed E-state index contributed by atoms with van der Waals surface area (Å²) in [5.41, 5.74) is 1.55. The van der Waals surface area contributed by atoms with E-state index < -0.39 is 0 Å². The number of hydrogen-bond donors (Lipinski definition) is 1. The van der Waals surface area contributed by atoms with Crippen molar-refractivity contribution in [3.05, 3.63) is 40.5 Å². The molecule has 2 heterocycles. The van der Waals surface area contributed by atoms with Crippen molar-refractivity contribution in [3.8, 4) is 5.88 Å². The number of carbonyl (C=O) groups is 1. The number of aryl methyl sites for hydroxylation is 1. The Balaban J connectivity index is 1.60. The molecule has 1 saturated heterocycles. The molecule has 126 valence electrons. The van der Waals surface area contributed by atoms with Crippen molar-refractivity contribution >= 4 is 33.5 Å². The van der Waals surface area contributed by atoms with Crippen LogP contribution < -0.4 is 15.0 Å². The summed E-state index contributed by atoms with van der Waals surface area (Å²) in [7, 11) is 0. The molecule has 1 fully saturated rings. The summed E-state index contributed by atoms with van der Waals surface area (Å²) >= 11 is 3.37. The van der Waals surface area contributed by atoms with Gasteiger partial charge in [0.05, 0.1) is 0 Å². The lowest BCUT2D eigenvalue weighted by Crippen LogP contribution is -2.23. The predicted octanol–water partition coefficient (Wildman–Crippen LogP) is 3.17. The zero-order chi connectivity index (χ0) is 16.9. The van der Waals surface area contributed by atoms with Gasteiger partial charge in [0, 0.05) is 35.0 Å². The Kier molecular flexibility index (Phi) is 5.30. The van der Waals surface area contributed by atoms with Gasteiger partial charge in [0.25, 0.3) is 5.91 Å². The number of benzene rings is 1. The molecule has 1 aliphatic rings. The molecular weight excluding hydrogens is 372 g/mol. The molecule has 7 heteroatoms. The van der Waals surface area contributed by atoms with Crippen LogP contribution in [-0.2, 0) is 4.79 Å². The Morgan fingerprint density at radius 1 is 1.29 bits per heavy atom. The maximum atomic E-state index is 12.0. The lowest BCUT2D eigenvalue weighted by atomic mass is 10.3. The number of anilines is 2. The number of ether oxygens (including phenoxy) is 1. The highest BCUT2D eigenvalue weighted by Crippen LogP contribution is 2.20. The second-order valence-electron chi connectivity index (χ2n) is 5.69. The second kappa shape index (κ2) is 7.61. The van der Waals surface area contributed by atoms with Crippen molar-refractivity contribution in [3.63, 3.8) is 0 Å². The third kappa shape index (κ3) is 4.44. The molecule has 24 heavy (non-hydrogen) atoms. The third-order valence-corrected chi connectivity index (χ3v) is 4.16. The van der Waals surface area contributed by atoms with E-state index in [0.29, 0.717) is 11.8 Å². The van der Waals surface area contributed by atoms with Gasteiger partial charge in [0.2, 0.25) is 11.8 Å². The van der Waals surface area contributed by atoms with Crippen LogP contribution in [0.1, 0.15) is 18.5 Å². The van der Waals surface area contributed by atoms with E-state index in [1.807, 2.05) is 31.2 Å². The average Bonchev–Trinajstić information content (AvgIpc) is 3.07. The van der Waals surface area contributed by atoms with Gasteiger partial charge >= 0.3 is 0 Å². The number of halogens is 1. The van der Waals surface area contributed by atoms with Crippen LogP contribution in [0, 0.1) is 6.92 Å². The van der Waals surface area contributed by atoms with E-state index >= 15 is 0 Å². The van der Waals surface area contributed by atoms with Gasteiger partial charge in [0.15, 0.2) is 6.61 Å². The first-order valence-electron chi connectivity index (χ1n) is 7.89. The predicted molar refractivity (Wildman–Crippen MR) is 96.5 cm³/mol. The highest BCUT2D eigenvalue weighted by molar-refractivity contribution is 9.10. The molecule has 3 rings (SSSR count). The van der Waals surface area contributed by atoms with Crippen LogP contribution in [0.2, 0.25) is 0 Å². The van der Waals surface area contributed by atoms with Crippen molar-refractivity contribution in [2.45, 2.75) is 19.8 Å². The van der Waals surface area contributed by atoms with Crippen LogP contribution in [0.25, 0.3) is 0 Å². The molecule has 0 unspecified atom stereocenters. The van der Waals surface area contributed by atoms with Gasteiger partial charge in [-0.25, -0.2) is 4.98 Å². The number of hydrogen-bond acceptors (Lipinski definition) is 5. The Morgan fingerprint density at radius 3 is 2.83 bits per heavy atom. The summed E-state index contributed by atoms with van der Waals surface area (Å²) in [5.74, 6) is 0.871. The topological polar surface area (TPSA) is 67.3 Å². The minimum Gasteiger partial charge on any atom is -0.467 e. The number of aromatic nitrogens is 2. The smallest absolute Gasteiger partial charge is 0.262 e. The average molecular weight is 391 g/mol. The first kappa shape index (κ1) is 16.7. The minimum atomic E-state index is -0.230. The first-order valence-corrected chi connectivity index (χ1v) is 8.68. The van der Waals surface area contributed by atoms with E-state index in [-0.39, 0.29) is 12.5 Å². The molecule has 0 bridgehead atoms. The molecule has 1 amide bonds. The van der Waals surface area contributed by atoms with Crippen molar-refractivity contribution in [1.29, 1.82) is 0 Å². The van der Waals surface area contributed by atoms with Crippen LogP contribution in [0.3, 0.4) is 0 Å².